The minimum Gasteiger partial charge on any atom is -0.463 e. The average molecular weight is 481 g/mol. The first kappa shape index (κ1) is 24.7. The summed E-state index contributed by atoms with van der Waals surface area (Å²) in [6.07, 6.45) is 0. The normalized spacial score (nSPS) is 19.1. The molecule has 1 N–H and O–H groups in total. The average Bonchev–Trinajstić information content (AvgIpc) is 2.84. The fourth-order valence-corrected chi connectivity index (χ4v) is 4.77. The molecule has 186 valence electrons. The molecule has 8 heteroatoms. The van der Waals surface area contributed by atoms with E-state index in [1.54, 1.807) is 26.1 Å². The second-order valence-corrected chi connectivity index (χ2v) is 9.10. The van der Waals surface area contributed by atoms with E-state index in [9.17, 15) is 14.0 Å². The van der Waals surface area contributed by atoms with Gasteiger partial charge in [0, 0.05) is 45.5 Å². The van der Waals surface area contributed by atoms with Crippen molar-refractivity contribution in [1.82, 2.24) is 15.1 Å². The van der Waals surface area contributed by atoms with Gasteiger partial charge in [0.15, 0.2) is 0 Å². The molecular formula is C27H33FN4O3. The number of ether oxygens (including phenoxy) is 1. The van der Waals surface area contributed by atoms with Crippen LogP contribution in [0.15, 0.2) is 53.7 Å². The highest BCUT2D eigenvalue weighted by Crippen LogP contribution is 2.33. The maximum atomic E-state index is 14.3. The minimum atomic E-state index is -0.590. The lowest BCUT2D eigenvalue weighted by molar-refractivity contribution is -0.139. The van der Waals surface area contributed by atoms with Crippen molar-refractivity contribution in [3.05, 3.63) is 76.2 Å². The number of urea groups is 1. The van der Waals surface area contributed by atoms with Gasteiger partial charge < -0.3 is 15.0 Å². The molecular weight excluding hydrogens is 447 g/mol. The van der Waals surface area contributed by atoms with E-state index in [2.05, 4.69) is 10.2 Å². The second kappa shape index (κ2) is 10.5. The van der Waals surface area contributed by atoms with Crippen LogP contribution in [0.5, 0.6) is 0 Å². The summed E-state index contributed by atoms with van der Waals surface area (Å²) in [5.41, 5.74) is 4.62. The molecule has 1 unspecified atom stereocenters. The number of nitrogens with zero attached hydrogens (tertiary/aromatic N) is 3. The van der Waals surface area contributed by atoms with Crippen LogP contribution >= 0.6 is 0 Å². The number of esters is 1. The lowest BCUT2D eigenvalue weighted by Gasteiger charge is -2.40. The van der Waals surface area contributed by atoms with Crippen molar-refractivity contribution in [3.8, 4) is 0 Å². The number of aryl methyl sites for hydroxylation is 2. The first-order chi connectivity index (χ1) is 16.8. The number of hydrogen-bond acceptors (Lipinski definition) is 5. The van der Waals surface area contributed by atoms with Gasteiger partial charge in [-0.05, 0) is 44.0 Å². The highest BCUT2D eigenvalue weighted by Gasteiger charge is 2.38. The van der Waals surface area contributed by atoms with Crippen molar-refractivity contribution in [3.63, 3.8) is 0 Å². The van der Waals surface area contributed by atoms with Crippen LogP contribution in [0.1, 0.15) is 29.7 Å². The number of piperazine rings is 1. The van der Waals surface area contributed by atoms with Gasteiger partial charge in [0.05, 0.1) is 23.9 Å². The van der Waals surface area contributed by atoms with Crippen molar-refractivity contribution in [2.45, 2.75) is 26.8 Å². The standard InChI is InChI=1S/C27H33FN4O3/c1-5-35-26(33)24-23(17-31-12-14-32(15-13-31)22-9-7-6-8-21(22)28)30(4)27(34)29-25(24)20-16-18(2)10-11-19(20)3/h6-11,16,25H,5,12-15,17H2,1-4H3,(H,29,34). The van der Waals surface area contributed by atoms with E-state index >= 15 is 0 Å². The third kappa shape index (κ3) is 5.17. The molecule has 0 aliphatic carbocycles. The van der Waals surface area contributed by atoms with Crippen LogP contribution in [0.25, 0.3) is 0 Å². The van der Waals surface area contributed by atoms with Gasteiger partial charge in [0.2, 0.25) is 0 Å². The van der Waals surface area contributed by atoms with Gasteiger partial charge in [-0.2, -0.15) is 0 Å². The second-order valence-electron chi connectivity index (χ2n) is 9.10. The minimum absolute atomic E-state index is 0.228. The van der Waals surface area contributed by atoms with E-state index in [0.717, 1.165) is 16.7 Å². The van der Waals surface area contributed by atoms with E-state index in [4.69, 9.17) is 4.74 Å². The molecule has 1 fully saturated rings. The number of rotatable bonds is 6. The highest BCUT2D eigenvalue weighted by atomic mass is 19.1. The number of amides is 2. The van der Waals surface area contributed by atoms with Crippen molar-refractivity contribution >= 4 is 17.7 Å². The Balaban J connectivity index is 1.64. The topological polar surface area (TPSA) is 65.1 Å². The van der Waals surface area contributed by atoms with E-state index in [1.807, 2.05) is 43.0 Å². The largest absolute Gasteiger partial charge is 0.463 e. The summed E-state index contributed by atoms with van der Waals surface area (Å²) < 4.78 is 19.7. The molecule has 2 aliphatic rings. The zero-order valence-corrected chi connectivity index (χ0v) is 20.8. The Kier molecular flexibility index (Phi) is 7.40. The number of para-hydroxylation sites is 1. The molecule has 0 saturated carbocycles. The quantitative estimate of drug-likeness (QED) is 0.638. The Labute approximate surface area is 206 Å². The Morgan fingerprint density at radius 1 is 1.11 bits per heavy atom. The molecule has 0 spiro atoms. The van der Waals surface area contributed by atoms with Crippen molar-refractivity contribution < 1.29 is 18.7 Å². The first-order valence-corrected chi connectivity index (χ1v) is 12.0. The zero-order valence-electron chi connectivity index (χ0n) is 20.8. The van der Waals surface area contributed by atoms with Crippen LogP contribution in [0.3, 0.4) is 0 Å². The number of benzene rings is 2. The molecule has 2 amide bonds. The Hall–Kier alpha value is -3.39. The van der Waals surface area contributed by atoms with Crippen LogP contribution in [-0.2, 0) is 9.53 Å². The molecule has 7 nitrogen and oxygen atoms in total. The SMILES string of the molecule is CCOC(=O)C1=C(CN2CCN(c3ccccc3F)CC2)N(C)C(=O)NC1c1cc(C)ccc1C. The third-order valence-corrected chi connectivity index (χ3v) is 6.76. The molecule has 0 bridgehead atoms. The molecule has 1 saturated heterocycles. The fourth-order valence-electron chi connectivity index (χ4n) is 4.77. The smallest absolute Gasteiger partial charge is 0.338 e. The van der Waals surface area contributed by atoms with Crippen LogP contribution in [0, 0.1) is 19.7 Å². The maximum Gasteiger partial charge on any atom is 0.338 e. The van der Waals surface area contributed by atoms with Crippen LogP contribution < -0.4 is 10.2 Å². The van der Waals surface area contributed by atoms with Gasteiger partial charge in [0.1, 0.15) is 5.82 Å². The number of likely N-dealkylation sites (N-methyl/N-ethyl adjacent to an activating group) is 1. The van der Waals surface area contributed by atoms with Gasteiger partial charge in [-0.1, -0.05) is 35.9 Å². The zero-order chi connectivity index (χ0) is 25.1. The molecule has 2 heterocycles. The molecule has 2 aliphatic heterocycles. The monoisotopic (exact) mass is 480 g/mol. The van der Waals surface area contributed by atoms with Crippen LogP contribution in [0.2, 0.25) is 0 Å². The number of carbonyl (C=O) groups excluding carboxylic acids is 2. The summed E-state index contributed by atoms with van der Waals surface area (Å²) in [6.45, 7) is 9.07. The Morgan fingerprint density at radius 2 is 1.83 bits per heavy atom. The summed E-state index contributed by atoms with van der Waals surface area (Å²) in [5, 5.41) is 3.00. The molecule has 1 atom stereocenters. The molecule has 35 heavy (non-hydrogen) atoms. The number of nitrogens with one attached hydrogen (secondary N) is 1. The summed E-state index contributed by atoms with van der Waals surface area (Å²) >= 11 is 0. The molecule has 2 aromatic carbocycles. The number of hydrogen-bond donors (Lipinski definition) is 1. The lowest BCUT2D eigenvalue weighted by atomic mass is 9.90. The van der Waals surface area contributed by atoms with E-state index < -0.39 is 12.0 Å². The van der Waals surface area contributed by atoms with Crippen LogP contribution in [0.4, 0.5) is 14.9 Å². The highest BCUT2D eigenvalue weighted by molar-refractivity contribution is 5.95. The van der Waals surface area contributed by atoms with E-state index in [1.165, 1.54) is 11.0 Å². The summed E-state index contributed by atoms with van der Waals surface area (Å²) in [5.74, 6) is -0.654. The van der Waals surface area contributed by atoms with Gasteiger partial charge >= 0.3 is 12.0 Å². The summed E-state index contributed by atoms with van der Waals surface area (Å²) in [6, 6.07) is 12.0. The van der Waals surface area contributed by atoms with Crippen molar-refractivity contribution in [1.29, 1.82) is 0 Å². The van der Waals surface area contributed by atoms with Gasteiger partial charge in [0.25, 0.3) is 0 Å². The molecule has 0 radical (unpaired) electrons. The predicted octanol–water partition coefficient (Wildman–Crippen LogP) is 3.78. The first-order valence-electron chi connectivity index (χ1n) is 12.0. The molecule has 2 aromatic rings. The van der Waals surface area contributed by atoms with E-state index in [-0.39, 0.29) is 18.5 Å². The fraction of sp³-hybridized carbons (Fsp3) is 0.407. The van der Waals surface area contributed by atoms with Gasteiger partial charge in [-0.25, -0.2) is 14.0 Å². The summed E-state index contributed by atoms with van der Waals surface area (Å²) in [4.78, 5) is 32.0. The maximum absolute atomic E-state index is 14.3. The third-order valence-electron chi connectivity index (χ3n) is 6.76. The van der Waals surface area contributed by atoms with E-state index in [0.29, 0.717) is 49.7 Å². The molecule has 4 rings (SSSR count). The van der Waals surface area contributed by atoms with Gasteiger partial charge in [-0.15, -0.1) is 0 Å². The number of halogens is 1. The summed E-state index contributed by atoms with van der Waals surface area (Å²) in [7, 11) is 1.68. The lowest BCUT2D eigenvalue weighted by Crippen LogP contribution is -2.52. The molecule has 0 aromatic heterocycles. The Bertz CT molecular complexity index is 1140. The predicted molar refractivity (Wildman–Crippen MR) is 134 cm³/mol. The number of anilines is 1. The Morgan fingerprint density at radius 3 is 2.51 bits per heavy atom. The van der Waals surface area contributed by atoms with Crippen molar-refractivity contribution in [2.75, 3.05) is 51.3 Å². The van der Waals surface area contributed by atoms with Gasteiger partial charge in [-0.3, -0.25) is 9.80 Å². The van der Waals surface area contributed by atoms with Crippen molar-refractivity contribution in [2.24, 2.45) is 0 Å². The number of carbonyl (C=O) groups is 2. The van der Waals surface area contributed by atoms with Crippen LogP contribution in [-0.4, -0.2) is 68.2 Å².